The fourth-order valence-electron chi connectivity index (χ4n) is 7.79. The van der Waals surface area contributed by atoms with Gasteiger partial charge in [0.25, 0.3) is 0 Å². The molecule has 9 aromatic rings. The highest BCUT2D eigenvalue weighted by atomic mass is 14.1. The number of rotatable bonds is 10. The smallest absolute Gasteiger partial charge is 0.00987 e. The molecule has 0 fully saturated rings. The van der Waals surface area contributed by atoms with E-state index in [4.69, 9.17) is 0 Å². The summed E-state index contributed by atoms with van der Waals surface area (Å²) in [5, 5.41) is 4.95. The molecule has 58 heavy (non-hydrogen) atoms. The second-order valence-electron chi connectivity index (χ2n) is 14.5. The van der Waals surface area contributed by atoms with Crippen molar-refractivity contribution in [3.63, 3.8) is 0 Å². The number of fused-ring (bicyclic) bond motifs is 2. The normalized spacial score (nSPS) is 11.3. The third-order valence-electron chi connectivity index (χ3n) is 10.7. The first-order chi connectivity index (χ1) is 28.8. The van der Waals surface area contributed by atoms with Gasteiger partial charge < -0.3 is 0 Å². The van der Waals surface area contributed by atoms with E-state index in [1.807, 2.05) is 0 Å². The van der Waals surface area contributed by atoms with Crippen LogP contribution in [0.15, 0.2) is 218 Å². The maximum Gasteiger partial charge on any atom is -0.00987 e. The number of hydrogen-bond donors (Lipinski definition) is 0. The van der Waals surface area contributed by atoms with Crippen molar-refractivity contribution >= 4 is 69.1 Å². The van der Waals surface area contributed by atoms with Crippen LogP contribution in [0.4, 0.5) is 0 Å². The first kappa shape index (κ1) is 36.1. The largest absolute Gasteiger partial charge is 0.0622 e. The van der Waals surface area contributed by atoms with Gasteiger partial charge in [0.1, 0.15) is 0 Å². The Labute approximate surface area is 341 Å². The van der Waals surface area contributed by atoms with Crippen LogP contribution in [-0.2, 0) is 0 Å². The van der Waals surface area contributed by atoms with E-state index in [0.717, 1.165) is 11.1 Å². The molecule has 0 aliphatic carbocycles. The quantitative estimate of drug-likeness (QED) is 0.0968. The molecule has 0 heteroatoms. The van der Waals surface area contributed by atoms with Crippen LogP contribution in [0.1, 0.15) is 55.6 Å². The molecular formula is C58H42. The fraction of sp³-hybridized carbons (Fsp3) is 0. The molecule has 0 spiro atoms. The molecule has 9 rings (SSSR count). The van der Waals surface area contributed by atoms with Crippen molar-refractivity contribution in [2.24, 2.45) is 0 Å². The molecule has 0 aromatic heterocycles. The lowest BCUT2D eigenvalue weighted by atomic mass is 9.90. The van der Waals surface area contributed by atoms with Crippen molar-refractivity contribution in [3.8, 4) is 0 Å². The fourth-order valence-corrected chi connectivity index (χ4v) is 7.79. The van der Waals surface area contributed by atoms with Gasteiger partial charge in [-0.25, -0.2) is 0 Å². The van der Waals surface area contributed by atoms with E-state index < -0.39 is 0 Å². The van der Waals surface area contributed by atoms with Crippen LogP contribution >= 0.6 is 0 Å². The maximum atomic E-state index is 2.29. The molecule has 0 nitrogen and oxygen atoms in total. The highest BCUT2D eigenvalue weighted by molar-refractivity contribution is 6.14. The molecule has 0 radical (unpaired) electrons. The molecular weight excluding hydrogens is 697 g/mol. The highest BCUT2D eigenvalue weighted by Gasteiger charge is 2.11. The minimum atomic E-state index is 1.16. The highest BCUT2D eigenvalue weighted by Crippen LogP contribution is 2.36. The summed E-state index contributed by atoms with van der Waals surface area (Å²) in [7, 11) is 0. The maximum absolute atomic E-state index is 2.29. The van der Waals surface area contributed by atoms with Gasteiger partial charge >= 0.3 is 0 Å². The Morgan fingerprint density at radius 3 is 0.741 bits per heavy atom. The Balaban J connectivity index is 1.01. The van der Waals surface area contributed by atoms with Crippen molar-refractivity contribution in [1.82, 2.24) is 0 Å². The van der Waals surface area contributed by atoms with Crippen molar-refractivity contribution in [2.45, 2.75) is 0 Å². The van der Waals surface area contributed by atoms with Crippen LogP contribution < -0.4 is 0 Å². The second kappa shape index (κ2) is 17.1. The van der Waals surface area contributed by atoms with Gasteiger partial charge in [-0.1, -0.05) is 243 Å². The predicted octanol–water partition coefficient (Wildman–Crippen LogP) is 15.5. The zero-order valence-electron chi connectivity index (χ0n) is 32.2. The zero-order chi connectivity index (χ0) is 38.9. The van der Waals surface area contributed by atoms with Gasteiger partial charge in [-0.05, 0) is 100 Å². The molecule has 0 saturated heterocycles. The van der Waals surface area contributed by atoms with E-state index in [0.29, 0.717) is 0 Å². The van der Waals surface area contributed by atoms with Crippen molar-refractivity contribution in [3.05, 3.63) is 274 Å². The lowest BCUT2D eigenvalue weighted by molar-refractivity contribution is 1.55. The van der Waals surface area contributed by atoms with Crippen molar-refractivity contribution < 1.29 is 0 Å². The SMILES string of the molecule is C(=C(c1ccccc1)c1ccccc1)c1ccc(/C=C/c2c3ccccc3c(/C=C/c3ccc(C=C(c4ccccc4)c4ccccc4)cc3)c3ccccc23)cc1. The summed E-state index contributed by atoms with van der Waals surface area (Å²) in [4.78, 5) is 0. The van der Waals surface area contributed by atoms with E-state index in [1.54, 1.807) is 0 Å². The molecule has 0 N–H and O–H groups in total. The summed E-state index contributed by atoms with van der Waals surface area (Å²) < 4.78 is 0. The van der Waals surface area contributed by atoms with Crippen molar-refractivity contribution in [2.75, 3.05) is 0 Å². The molecule has 0 atom stereocenters. The van der Waals surface area contributed by atoms with E-state index in [-0.39, 0.29) is 0 Å². The Morgan fingerprint density at radius 2 is 0.466 bits per heavy atom. The molecule has 0 bridgehead atoms. The molecule has 0 amide bonds. The minimum absolute atomic E-state index is 1.16. The molecule has 274 valence electrons. The zero-order valence-corrected chi connectivity index (χ0v) is 32.2. The Hall–Kier alpha value is -7.54. The minimum Gasteiger partial charge on any atom is -0.0622 e. The molecule has 0 heterocycles. The van der Waals surface area contributed by atoms with Crippen LogP contribution in [0.2, 0.25) is 0 Å². The summed E-state index contributed by atoms with van der Waals surface area (Å²) in [6, 6.07) is 77.7. The second-order valence-corrected chi connectivity index (χ2v) is 14.5. The van der Waals surface area contributed by atoms with Gasteiger partial charge in [0.15, 0.2) is 0 Å². The average Bonchev–Trinajstić information content (AvgIpc) is 3.30. The van der Waals surface area contributed by atoms with Gasteiger partial charge in [0.2, 0.25) is 0 Å². The number of hydrogen-bond acceptors (Lipinski definition) is 0. The molecule has 9 aromatic carbocycles. The number of benzene rings is 9. The van der Waals surface area contributed by atoms with Gasteiger partial charge in [0.05, 0.1) is 0 Å². The lowest BCUT2D eigenvalue weighted by Gasteiger charge is -2.13. The van der Waals surface area contributed by atoms with Gasteiger partial charge in [-0.2, -0.15) is 0 Å². The summed E-state index contributed by atoms with van der Waals surface area (Å²) in [5.74, 6) is 0. The summed E-state index contributed by atoms with van der Waals surface area (Å²) in [6.07, 6.45) is 13.6. The topological polar surface area (TPSA) is 0 Å². The molecule has 0 aliphatic heterocycles. The van der Waals surface area contributed by atoms with E-state index in [1.165, 1.54) is 77.2 Å². The monoisotopic (exact) mass is 738 g/mol. The third kappa shape index (κ3) is 8.05. The van der Waals surface area contributed by atoms with Crippen LogP contribution in [-0.4, -0.2) is 0 Å². The van der Waals surface area contributed by atoms with Crippen molar-refractivity contribution in [1.29, 1.82) is 0 Å². The Bertz CT molecular complexity index is 2570. The van der Waals surface area contributed by atoms with E-state index >= 15 is 0 Å². The van der Waals surface area contributed by atoms with Gasteiger partial charge in [-0.3, -0.25) is 0 Å². The summed E-state index contributed by atoms with van der Waals surface area (Å²) in [5.41, 5.74) is 14.4. The Kier molecular flexibility index (Phi) is 10.6. The van der Waals surface area contributed by atoms with Crippen LogP contribution in [0.5, 0.6) is 0 Å². The summed E-state index contributed by atoms with van der Waals surface area (Å²) in [6.45, 7) is 0. The van der Waals surface area contributed by atoms with Crippen LogP contribution in [0.25, 0.3) is 69.1 Å². The van der Waals surface area contributed by atoms with Crippen LogP contribution in [0.3, 0.4) is 0 Å². The van der Waals surface area contributed by atoms with E-state index in [2.05, 4.69) is 255 Å². The lowest BCUT2D eigenvalue weighted by Crippen LogP contribution is -1.89. The standard InChI is InChI=1S/C58H42/c1-5-17-47(18-6-1)57(48-19-7-2-8-20-48)41-45-33-29-43(30-34-45)37-39-55-51-25-13-15-27-53(51)56(54-28-16-14-26-52(54)55)40-38-44-31-35-46(36-32-44)42-58(49-21-9-3-10-22-49)50-23-11-4-12-24-50/h1-42H/b39-37+,40-38+. The first-order valence-electron chi connectivity index (χ1n) is 19.9. The van der Waals surface area contributed by atoms with Gasteiger partial charge in [0, 0.05) is 0 Å². The first-order valence-corrected chi connectivity index (χ1v) is 19.9. The van der Waals surface area contributed by atoms with Gasteiger partial charge in [-0.15, -0.1) is 0 Å². The van der Waals surface area contributed by atoms with E-state index in [9.17, 15) is 0 Å². The van der Waals surface area contributed by atoms with Crippen LogP contribution in [0, 0.1) is 0 Å². The average molecular weight is 739 g/mol. The molecule has 0 aliphatic rings. The third-order valence-corrected chi connectivity index (χ3v) is 10.7. The Morgan fingerprint density at radius 1 is 0.224 bits per heavy atom. The molecule has 0 saturated carbocycles. The predicted molar refractivity (Wildman–Crippen MR) is 252 cm³/mol. The summed E-state index contributed by atoms with van der Waals surface area (Å²) >= 11 is 0. The molecule has 0 unspecified atom stereocenters.